The molecule has 3 rings (SSSR count). The fourth-order valence-corrected chi connectivity index (χ4v) is 3.07. The van der Waals surface area contributed by atoms with Gasteiger partial charge in [-0.2, -0.15) is 0 Å². The summed E-state index contributed by atoms with van der Waals surface area (Å²) < 4.78 is 5.21. The summed E-state index contributed by atoms with van der Waals surface area (Å²) in [6.45, 7) is 2.74. The van der Waals surface area contributed by atoms with E-state index in [2.05, 4.69) is 33.9 Å². The highest BCUT2D eigenvalue weighted by atomic mass is 16.5. The van der Waals surface area contributed by atoms with Gasteiger partial charge in [-0.3, -0.25) is 4.90 Å². The van der Waals surface area contributed by atoms with Gasteiger partial charge < -0.3 is 10.5 Å². The average Bonchev–Trinajstić information content (AvgIpc) is 2.61. The van der Waals surface area contributed by atoms with Crippen molar-refractivity contribution in [3.8, 4) is 17.6 Å². The van der Waals surface area contributed by atoms with Crippen LogP contribution in [0.1, 0.15) is 17.7 Å². The Morgan fingerprint density at radius 3 is 2.75 bits per heavy atom. The fourth-order valence-electron chi connectivity index (χ4n) is 3.07. The van der Waals surface area contributed by atoms with Gasteiger partial charge in [0, 0.05) is 37.8 Å². The summed E-state index contributed by atoms with van der Waals surface area (Å²) in [6.07, 6.45) is 2.71. The van der Waals surface area contributed by atoms with Crippen molar-refractivity contribution in [1.29, 1.82) is 0 Å². The Morgan fingerprint density at radius 2 is 2.04 bits per heavy atom. The van der Waals surface area contributed by atoms with Crippen LogP contribution in [0.15, 0.2) is 48.7 Å². The number of nitrogens with two attached hydrogens (primary N) is 1. The Labute approximate surface area is 143 Å². The zero-order valence-corrected chi connectivity index (χ0v) is 14.0. The minimum absolute atomic E-state index is 0.167. The largest absolute Gasteiger partial charge is 0.497 e. The molecule has 2 aromatic rings. The second-order valence-corrected chi connectivity index (χ2v) is 6.22. The van der Waals surface area contributed by atoms with Gasteiger partial charge in [-0.25, -0.2) is 4.98 Å². The molecule has 2 N–H and O–H groups in total. The number of benzene rings is 1. The highest BCUT2D eigenvalue weighted by molar-refractivity contribution is 5.29. The molecule has 0 bridgehead atoms. The first-order valence-corrected chi connectivity index (χ1v) is 8.26. The summed E-state index contributed by atoms with van der Waals surface area (Å²) in [7, 11) is 1.68. The Hall–Kier alpha value is -2.35. The molecule has 1 aliphatic heterocycles. The molecular formula is C20H23N3O. The molecule has 0 radical (unpaired) electrons. The van der Waals surface area contributed by atoms with Crippen LogP contribution in [0.3, 0.4) is 0 Å². The quantitative estimate of drug-likeness (QED) is 0.881. The Kier molecular flexibility index (Phi) is 5.47. The van der Waals surface area contributed by atoms with Gasteiger partial charge in [0.15, 0.2) is 0 Å². The van der Waals surface area contributed by atoms with Crippen molar-refractivity contribution in [2.45, 2.75) is 19.0 Å². The third kappa shape index (κ3) is 4.58. The molecule has 0 amide bonds. The maximum absolute atomic E-state index is 6.24. The van der Waals surface area contributed by atoms with E-state index in [0.717, 1.165) is 37.5 Å². The first kappa shape index (κ1) is 16.5. The summed E-state index contributed by atoms with van der Waals surface area (Å²) in [5.41, 5.74) is 8.32. The zero-order chi connectivity index (χ0) is 16.8. The molecule has 1 aliphatic rings. The van der Waals surface area contributed by atoms with Crippen LogP contribution in [0.5, 0.6) is 5.75 Å². The molecule has 1 aromatic heterocycles. The third-order valence-electron chi connectivity index (χ3n) is 4.19. The molecular weight excluding hydrogens is 298 g/mol. The van der Waals surface area contributed by atoms with Crippen molar-refractivity contribution in [2.75, 3.05) is 20.2 Å². The molecule has 124 valence electrons. The van der Waals surface area contributed by atoms with Gasteiger partial charge in [0.25, 0.3) is 0 Å². The molecule has 4 heteroatoms. The van der Waals surface area contributed by atoms with Gasteiger partial charge in [-0.15, -0.1) is 0 Å². The summed E-state index contributed by atoms with van der Waals surface area (Å²) in [4.78, 5) is 6.64. The van der Waals surface area contributed by atoms with Gasteiger partial charge in [0.2, 0.25) is 0 Å². The van der Waals surface area contributed by atoms with Crippen molar-refractivity contribution in [3.63, 3.8) is 0 Å². The topological polar surface area (TPSA) is 51.4 Å². The number of hydrogen-bond acceptors (Lipinski definition) is 4. The van der Waals surface area contributed by atoms with Crippen LogP contribution in [0.2, 0.25) is 0 Å². The number of hydrogen-bond donors (Lipinski definition) is 1. The number of methoxy groups -OCH3 is 1. The molecule has 0 spiro atoms. The van der Waals surface area contributed by atoms with Gasteiger partial charge in [0.1, 0.15) is 11.4 Å². The molecule has 0 aliphatic carbocycles. The second-order valence-electron chi connectivity index (χ2n) is 6.22. The van der Waals surface area contributed by atoms with Gasteiger partial charge in [-0.1, -0.05) is 24.1 Å². The Morgan fingerprint density at radius 1 is 1.21 bits per heavy atom. The van der Waals surface area contributed by atoms with Crippen molar-refractivity contribution < 1.29 is 4.74 Å². The van der Waals surface area contributed by atoms with Gasteiger partial charge >= 0.3 is 0 Å². The van der Waals surface area contributed by atoms with Crippen LogP contribution in [0, 0.1) is 17.8 Å². The number of ether oxygens (including phenoxy) is 1. The minimum Gasteiger partial charge on any atom is -0.497 e. The predicted molar refractivity (Wildman–Crippen MR) is 95.5 cm³/mol. The molecule has 1 saturated heterocycles. The number of pyridine rings is 1. The molecule has 4 nitrogen and oxygen atoms in total. The van der Waals surface area contributed by atoms with Crippen LogP contribution < -0.4 is 10.5 Å². The van der Waals surface area contributed by atoms with Crippen LogP contribution >= 0.6 is 0 Å². The Bertz CT molecular complexity index is 703. The first-order chi connectivity index (χ1) is 11.7. The van der Waals surface area contributed by atoms with E-state index in [1.54, 1.807) is 13.3 Å². The smallest absolute Gasteiger partial charge is 0.118 e. The van der Waals surface area contributed by atoms with Gasteiger partial charge in [-0.05, 0) is 42.2 Å². The highest BCUT2D eigenvalue weighted by Crippen LogP contribution is 2.19. The van der Waals surface area contributed by atoms with Crippen molar-refractivity contribution in [2.24, 2.45) is 11.7 Å². The summed E-state index contributed by atoms with van der Waals surface area (Å²) in [5, 5.41) is 0. The maximum atomic E-state index is 6.24. The standard InChI is InChI=1S/C20H23N3O/c1-24-20-9-6-16(7-10-20)13-23-14-17(12-18(21)15-23)5-8-19-4-2-3-11-22-19/h2-4,6-7,9-11,17-18H,12-15,21H2,1H3/t17-,18+/m1/s1. The van der Waals surface area contributed by atoms with Crippen molar-refractivity contribution in [1.82, 2.24) is 9.88 Å². The van der Waals surface area contributed by atoms with E-state index in [9.17, 15) is 0 Å². The van der Waals surface area contributed by atoms with E-state index >= 15 is 0 Å². The molecule has 2 atom stereocenters. The average molecular weight is 321 g/mol. The number of likely N-dealkylation sites (tertiary alicyclic amines) is 1. The number of aromatic nitrogens is 1. The molecule has 0 saturated carbocycles. The minimum atomic E-state index is 0.167. The molecule has 0 unspecified atom stereocenters. The third-order valence-corrected chi connectivity index (χ3v) is 4.19. The summed E-state index contributed by atoms with van der Waals surface area (Å²) >= 11 is 0. The maximum Gasteiger partial charge on any atom is 0.118 e. The van der Waals surface area contributed by atoms with Crippen LogP contribution in [0.25, 0.3) is 0 Å². The highest BCUT2D eigenvalue weighted by Gasteiger charge is 2.23. The fraction of sp³-hybridized carbons (Fsp3) is 0.350. The number of nitrogens with zero attached hydrogens (tertiary/aromatic N) is 2. The molecule has 2 heterocycles. The Balaban J connectivity index is 1.63. The van der Waals surface area contributed by atoms with Crippen LogP contribution in [-0.2, 0) is 6.54 Å². The molecule has 1 aromatic carbocycles. The second kappa shape index (κ2) is 7.96. The monoisotopic (exact) mass is 321 g/mol. The lowest BCUT2D eigenvalue weighted by Gasteiger charge is -2.34. The lowest BCUT2D eigenvalue weighted by molar-refractivity contribution is 0.174. The normalized spacial score (nSPS) is 20.9. The summed E-state index contributed by atoms with van der Waals surface area (Å²) in [5.74, 6) is 7.69. The lowest BCUT2D eigenvalue weighted by atomic mass is 9.94. The number of piperidine rings is 1. The van der Waals surface area contributed by atoms with E-state index in [0.29, 0.717) is 0 Å². The summed E-state index contributed by atoms with van der Waals surface area (Å²) in [6, 6.07) is 14.2. The number of rotatable bonds is 3. The van der Waals surface area contributed by atoms with Crippen LogP contribution in [-0.4, -0.2) is 36.1 Å². The van der Waals surface area contributed by atoms with Gasteiger partial charge in [0.05, 0.1) is 7.11 Å². The van der Waals surface area contributed by atoms with E-state index < -0.39 is 0 Å². The van der Waals surface area contributed by atoms with Crippen LogP contribution in [0.4, 0.5) is 0 Å². The van der Waals surface area contributed by atoms with E-state index in [4.69, 9.17) is 10.5 Å². The van der Waals surface area contributed by atoms with E-state index in [1.165, 1.54) is 5.56 Å². The molecule has 24 heavy (non-hydrogen) atoms. The first-order valence-electron chi connectivity index (χ1n) is 8.26. The van der Waals surface area contributed by atoms with Crippen molar-refractivity contribution >= 4 is 0 Å². The van der Waals surface area contributed by atoms with Crippen molar-refractivity contribution in [3.05, 3.63) is 59.9 Å². The lowest BCUT2D eigenvalue weighted by Crippen LogP contribution is -2.46. The van der Waals surface area contributed by atoms with E-state index in [1.807, 2.05) is 30.3 Å². The zero-order valence-electron chi connectivity index (χ0n) is 14.0. The SMILES string of the molecule is COc1ccc(CN2C[C@@H](N)C[C@@H](C#Cc3ccccn3)C2)cc1. The predicted octanol–water partition coefficient (Wildman–Crippen LogP) is 2.29. The molecule has 1 fully saturated rings. The van der Waals surface area contributed by atoms with E-state index in [-0.39, 0.29) is 12.0 Å².